The Kier molecular flexibility index (Phi) is 5.22. The normalized spacial score (nSPS) is 11.4. The number of rotatable bonds is 6. The molecule has 2 aromatic heterocycles. The first kappa shape index (κ1) is 17.7. The molecule has 3 rings (SSSR count). The van der Waals surface area contributed by atoms with Gasteiger partial charge in [0.1, 0.15) is 12.2 Å². The second-order valence-electron chi connectivity index (χ2n) is 6.74. The molecular weight excluding hydrogens is 332 g/mol. The Hall–Kier alpha value is -2.15. The highest BCUT2D eigenvalue weighted by molar-refractivity contribution is 7.98. The Morgan fingerprint density at radius 3 is 2.60 bits per heavy atom. The van der Waals surface area contributed by atoms with E-state index in [4.69, 9.17) is 10.1 Å². The first-order valence-electron chi connectivity index (χ1n) is 8.43. The second-order valence-corrected chi connectivity index (χ2v) is 7.68. The lowest BCUT2D eigenvalue weighted by molar-refractivity contribution is 0.618. The lowest BCUT2D eigenvalue weighted by Gasteiger charge is -2.08. The molecule has 0 N–H and O–H groups in total. The molecule has 132 valence electrons. The Morgan fingerprint density at radius 1 is 1.16 bits per heavy atom. The molecule has 0 aliphatic heterocycles. The fourth-order valence-electron chi connectivity index (χ4n) is 2.53. The molecule has 25 heavy (non-hydrogen) atoms. The molecule has 0 saturated heterocycles. The van der Waals surface area contributed by atoms with Crippen LogP contribution in [0, 0.1) is 19.8 Å². The maximum absolute atomic E-state index is 4.78. The molecule has 1 aromatic carbocycles. The maximum Gasteiger partial charge on any atom is 0.191 e. The van der Waals surface area contributed by atoms with Gasteiger partial charge in [-0.2, -0.15) is 5.10 Å². The molecule has 0 radical (unpaired) electrons. The van der Waals surface area contributed by atoms with Gasteiger partial charge in [0.05, 0.1) is 11.4 Å². The highest BCUT2D eigenvalue weighted by atomic mass is 32.2. The van der Waals surface area contributed by atoms with Gasteiger partial charge in [-0.05, 0) is 43.0 Å². The average molecular weight is 356 g/mol. The van der Waals surface area contributed by atoms with Crippen molar-refractivity contribution in [3.8, 4) is 5.69 Å². The summed E-state index contributed by atoms with van der Waals surface area (Å²) in [5, 5.41) is 13.7. The fraction of sp³-hybridized carbons (Fsp3) is 0.444. The van der Waals surface area contributed by atoms with Crippen LogP contribution < -0.4 is 0 Å². The minimum atomic E-state index is 0.523. The van der Waals surface area contributed by atoms with Crippen LogP contribution in [0.5, 0.6) is 0 Å². The third-order valence-electron chi connectivity index (χ3n) is 4.04. The SMILES string of the molecule is Cc1ccc(-n2nc(CC(C)C)nc2CSc2nncn2C)cc1C. The number of hydrogen-bond donors (Lipinski definition) is 0. The van der Waals surface area contributed by atoms with Gasteiger partial charge < -0.3 is 4.57 Å². The molecule has 7 heteroatoms. The van der Waals surface area contributed by atoms with E-state index in [-0.39, 0.29) is 0 Å². The monoisotopic (exact) mass is 356 g/mol. The first-order chi connectivity index (χ1) is 11.9. The number of nitrogens with zero attached hydrogens (tertiary/aromatic N) is 6. The van der Waals surface area contributed by atoms with E-state index >= 15 is 0 Å². The number of aromatic nitrogens is 6. The van der Waals surface area contributed by atoms with E-state index in [1.807, 2.05) is 16.3 Å². The summed E-state index contributed by atoms with van der Waals surface area (Å²) in [5.74, 6) is 3.05. The molecule has 0 unspecified atom stereocenters. The maximum atomic E-state index is 4.78. The standard InChI is InChI=1S/C18H24N6S/c1-12(2)8-16-20-17(10-25-18-21-19-11-23(18)5)24(22-16)15-7-6-13(3)14(4)9-15/h6-7,9,11-12H,8,10H2,1-5H3. The average Bonchev–Trinajstić information content (AvgIpc) is 3.13. The van der Waals surface area contributed by atoms with E-state index in [9.17, 15) is 0 Å². The predicted octanol–water partition coefficient (Wildman–Crippen LogP) is 3.50. The van der Waals surface area contributed by atoms with Crippen LogP contribution in [0.25, 0.3) is 5.69 Å². The van der Waals surface area contributed by atoms with Crippen LogP contribution in [0.4, 0.5) is 0 Å². The van der Waals surface area contributed by atoms with Gasteiger partial charge in [-0.3, -0.25) is 0 Å². The van der Waals surface area contributed by atoms with E-state index < -0.39 is 0 Å². The third kappa shape index (κ3) is 4.10. The number of hydrogen-bond acceptors (Lipinski definition) is 5. The van der Waals surface area contributed by atoms with Crippen molar-refractivity contribution < 1.29 is 0 Å². The second kappa shape index (κ2) is 7.39. The molecule has 2 heterocycles. The lowest BCUT2D eigenvalue weighted by atomic mass is 10.1. The molecular formula is C18H24N6S. The van der Waals surface area contributed by atoms with Gasteiger partial charge in [-0.25, -0.2) is 9.67 Å². The highest BCUT2D eigenvalue weighted by Gasteiger charge is 2.15. The van der Waals surface area contributed by atoms with E-state index in [1.165, 1.54) is 11.1 Å². The summed E-state index contributed by atoms with van der Waals surface area (Å²) in [6, 6.07) is 6.40. The van der Waals surface area contributed by atoms with Crippen molar-refractivity contribution in [3.05, 3.63) is 47.3 Å². The number of benzene rings is 1. The van der Waals surface area contributed by atoms with Crippen molar-refractivity contribution in [3.63, 3.8) is 0 Å². The zero-order valence-corrected chi connectivity index (χ0v) is 16.2. The van der Waals surface area contributed by atoms with Crippen molar-refractivity contribution in [2.24, 2.45) is 13.0 Å². The first-order valence-corrected chi connectivity index (χ1v) is 9.42. The zero-order chi connectivity index (χ0) is 18.0. The van der Waals surface area contributed by atoms with Crippen molar-refractivity contribution in [1.82, 2.24) is 29.5 Å². The van der Waals surface area contributed by atoms with Crippen molar-refractivity contribution in [1.29, 1.82) is 0 Å². The minimum absolute atomic E-state index is 0.523. The molecule has 0 atom stereocenters. The molecule has 0 aliphatic rings. The minimum Gasteiger partial charge on any atom is -0.312 e. The van der Waals surface area contributed by atoms with Gasteiger partial charge in [-0.15, -0.1) is 10.2 Å². The van der Waals surface area contributed by atoms with Crippen LogP contribution in [-0.4, -0.2) is 29.5 Å². The summed E-state index contributed by atoms with van der Waals surface area (Å²) in [4.78, 5) is 4.78. The van der Waals surface area contributed by atoms with Crippen LogP contribution in [-0.2, 0) is 19.2 Å². The summed E-state index contributed by atoms with van der Waals surface area (Å²) in [6.07, 6.45) is 2.58. The van der Waals surface area contributed by atoms with E-state index in [0.717, 1.165) is 28.9 Å². The molecule has 0 spiro atoms. The molecule has 0 bridgehead atoms. The third-order valence-corrected chi connectivity index (χ3v) is 5.07. The summed E-state index contributed by atoms with van der Waals surface area (Å²) in [5.41, 5.74) is 3.59. The van der Waals surface area contributed by atoms with Crippen LogP contribution in [0.15, 0.2) is 29.7 Å². The van der Waals surface area contributed by atoms with Gasteiger partial charge in [0.2, 0.25) is 0 Å². The highest BCUT2D eigenvalue weighted by Crippen LogP contribution is 2.22. The van der Waals surface area contributed by atoms with Gasteiger partial charge in [-0.1, -0.05) is 31.7 Å². The van der Waals surface area contributed by atoms with Crippen molar-refractivity contribution in [2.75, 3.05) is 0 Å². The quantitative estimate of drug-likeness (QED) is 0.633. The zero-order valence-electron chi connectivity index (χ0n) is 15.4. The molecule has 0 aliphatic carbocycles. The molecule has 3 aromatic rings. The Bertz CT molecular complexity index is 864. The van der Waals surface area contributed by atoms with E-state index in [0.29, 0.717) is 11.7 Å². The molecule has 0 saturated carbocycles. The lowest BCUT2D eigenvalue weighted by Crippen LogP contribution is -2.04. The fourth-order valence-corrected chi connectivity index (χ4v) is 3.33. The summed E-state index contributed by atoms with van der Waals surface area (Å²) < 4.78 is 3.88. The summed E-state index contributed by atoms with van der Waals surface area (Å²) >= 11 is 1.62. The Balaban J connectivity index is 1.92. The predicted molar refractivity (Wildman–Crippen MR) is 99.9 cm³/mol. The van der Waals surface area contributed by atoms with Gasteiger partial charge >= 0.3 is 0 Å². The van der Waals surface area contributed by atoms with E-state index in [1.54, 1.807) is 18.1 Å². The van der Waals surface area contributed by atoms with Crippen molar-refractivity contribution >= 4 is 11.8 Å². The Morgan fingerprint density at radius 2 is 1.96 bits per heavy atom. The molecule has 6 nitrogen and oxygen atoms in total. The number of thioether (sulfide) groups is 1. The van der Waals surface area contributed by atoms with Gasteiger partial charge in [0.15, 0.2) is 11.0 Å². The Labute approximate surface area is 152 Å². The largest absolute Gasteiger partial charge is 0.312 e. The van der Waals surface area contributed by atoms with E-state index in [2.05, 4.69) is 56.1 Å². The summed E-state index contributed by atoms with van der Waals surface area (Å²) in [7, 11) is 1.95. The van der Waals surface area contributed by atoms with Crippen LogP contribution in [0.1, 0.15) is 36.6 Å². The molecule has 0 amide bonds. The van der Waals surface area contributed by atoms with Crippen LogP contribution >= 0.6 is 11.8 Å². The smallest absolute Gasteiger partial charge is 0.191 e. The number of aryl methyl sites for hydroxylation is 3. The topological polar surface area (TPSA) is 61.4 Å². The van der Waals surface area contributed by atoms with Crippen LogP contribution in [0.3, 0.4) is 0 Å². The van der Waals surface area contributed by atoms with Gasteiger partial charge in [0.25, 0.3) is 0 Å². The summed E-state index contributed by atoms with van der Waals surface area (Å²) in [6.45, 7) is 8.61. The van der Waals surface area contributed by atoms with Crippen LogP contribution in [0.2, 0.25) is 0 Å². The molecule has 0 fully saturated rings. The van der Waals surface area contributed by atoms with Crippen molar-refractivity contribution in [2.45, 2.75) is 45.0 Å². The van der Waals surface area contributed by atoms with Gasteiger partial charge in [0, 0.05) is 13.5 Å².